The second kappa shape index (κ2) is 9.58. The fourth-order valence-electron chi connectivity index (χ4n) is 3.03. The van der Waals surface area contributed by atoms with Gasteiger partial charge >= 0.3 is 5.97 Å². The van der Waals surface area contributed by atoms with Crippen LogP contribution in [0.15, 0.2) is 35.5 Å². The monoisotopic (exact) mass is 467 g/mol. The maximum Gasteiger partial charge on any atom is 0.361 e. The van der Waals surface area contributed by atoms with Gasteiger partial charge in [-0.2, -0.15) is 4.31 Å². The van der Waals surface area contributed by atoms with Crippen molar-refractivity contribution in [3.8, 4) is 0 Å². The van der Waals surface area contributed by atoms with Crippen molar-refractivity contribution in [2.75, 3.05) is 24.1 Å². The largest absolute Gasteiger partial charge is 0.448 e. The van der Waals surface area contributed by atoms with Crippen molar-refractivity contribution >= 4 is 45.0 Å². The highest BCUT2D eigenvalue weighted by Gasteiger charge is 2.27. The number of nitrogens with one attached hydrogen (secondary N) is 1. The smallest absolute Gasteiger partial charge is 0.361 e. The molecule has 0 bridgehead atoms. The molecule has 166 valence electrons. The number of carbonyl (C=O) groups excluding carboxylic acids is 2. The molecule has 1 aromatic heterocycles. The van der Waals surface area contributed by atoms with Crippen LogP contribution >= 0.6 is 11.6 Å². The Balaban J connectivity index is 1.73. The summed E-state index contributed by atoms with van der Waals surface area (Å²) in [4.78, 5) is 32.2. The molecule has 0 saturated carbocycles. The van der Waals surface area contributed by atoms with Gasteiger partial charge in [0.05, 0.1) is 15.6 Å². The van der Waals surface area contributed by atoms with Crippen molar-refractivity contribution in [1.29, 1.82) is 0 Å². The summed E-state index contributed by atoms with van der Waals surface area (Å²) in [5, 5.41) is 2.64. The van der Waals surface area contributed by atoms with E-state index < -0.39 is 28.0 Å². The number of carbonyl (C=O) groups is 2. The number of esters is 1. The van der Waals surface area contributed by atoms with E-state index in [9.17, 15) is 18.0 Å². The molecule has 3 rings (SSSR count). The Labute approximate surface area is 184 Å². The quantitative estimate of drug-likeness (QED) is 0.614. The summed E-state index contributed by atoms with van der Waals surface area (Å²) in [5.41, 5.74) is 5.46. The average Bonchev–Trinajstić information content (AvgIpc) is 2.75. The van der Waals surface area contributed by atoms with Crippen LogP contribution in [0.5, 0.6) is 0 Å². The summed E-state index contributed by atoms with van der Waals surface area (Å²) < 4.78 is 32.3. The molecule has 1 saturated heterocycles. The number of hydrogen-bond donors (Lipinski definition) is 2. The number of nitrogens with two attached hydrogens (primary N) is 1. The molecule has 31 heavy (non-hydrogen) atoms. The van der Waals surface area contributed by atoms with Crippen LogP contribution in [0, 0.1) is 0 Å². The van der Waals surface area contributed by atoms with Gasteiger partial charge in [0.25, 0.3) is 5.91 Å². The van der Waals surface area contributed by atoms with Crippen LogP contribution in [0.2, 0.25) is 5.02 Å². The molecule has 1 fully saturated rings. The van der Waals surface area contributed by atoms with Gasteiger partial charge in [0.2, 0.25) is 10.0 Å². The summed E-state index contributed by atoms with van der Waals surface area (Å²) in [7, 11) is -3.71. The molecule has 12 heteroatoms. The molecule has 1 amide bonds. The lowest BCUT2D eigenvalue weighted by Crippen LogP contribution is -2.35. The molecule has 0 aliphatic carbocycles. The van der Waals surface area contributed by atoms with Gasteiger partial charge in [0, 0.05) is 25.5 Å². The highest BCUT2D eigenvalue weighted by atomic mass is 35.5. The molecule has 3 N–H and O–H groups in total. The summed E-state index contributed by atoms with van der Waals surface area (Å²) in [6.07, 6.45) is 3.95. The van der Waals surface area contributed by atoms with E-state index in [4.69, 9.17) is 22.1 Å². The van der Waals surface area contributed by atoms with Crippen LogP contribution in [-0.4, -0.2) is 53.8 Å². The number of nitrogens with zero attached hydrogens (tertiary/aromatic N) is 3. The first-order valence-electron chi connectivity index (χ1n) is 9.58. The normalized spacial score (nSPS) is 15.8. The minimum Gasteiger partial charge on any atom is -0.448 e. The van der Waals surface area contributed by atoms with Gasteiger partial charge in [-0.3, -0.25) is 4.79 Å². The zero-order valence-corrected chi connectivity index (χ0v) is 18.3. The third-order valence-electron chi connectivity index (χ3n) is 4.72. The lowest BCUT2D eigenvalue weighted by atomic mass is 10.2. The van der Waals surface area contributed by atoms with E-state index in [0.717, 1.165) is 19.3 Å². The van der Waals surface area contributed by atoms with Gasteiger partial charge in [0.1, 0.15) is 0 Å². The standard InChI is InChI=1S/C19H22ClN5O5S/c1-12(30-19(27)16-17(21)23-8-7-22-16)18(26)24-15-11-13(5-6-14(15)20)31(28,29)25-9-3-2-4-10-25/h5-8,11-12H,2-4,9-10H2,1H3,(H2,21,23)(H,24,26)/t12-/m0/s1. The molecule has 0 radical (unpaired) electrons. The van der Waals surface area contributed by atoms with E-state index in [2.05, 4.69) is 15.3 Å². The van der Waals surface area contributed by atoms with Gasteiger partial charge in [-0.05, 0) is 38.0 Å². The minimum atomic E-state index is -3.71. The Bertz CT molecular complexity index is 1090. The Kier molecular flexibility index (Phi) is 7.08. The predicted molar refractivity (Wildman–Crippen MR) is 114 cm³/mol. The number of anilines is 2. The predicted octanol–water partition coefficient (Wildman–Crippen LogP) is 2.07. The first-order chi connectivity index (χ1) is 14.7. The lowest BCUT2D eigenvalue weighted by Gasteiger charge is -2.26. The summed E-state index contributed by atoms with van der Waals surface area (Å²) in [5.74, 6) is -1.75. The summed E-state index contributed by atoms with van der Waals surface area (Å²) in [6, 6.07) is 4.08. The molecule has 1 atom stereocenters. The number of benzene rings is 1. The molecule has 0 spiro atoms. The van der Waals surface area contributed by atoms with Gasteiger partial charge in [0.15, 0.2) is 17.6 Å². The fraction of sp³-hybridized carbons (Fsp3) is 0.368. The number of aromatic nitrogens is 2. The number of sulfonamides is 1. The number of rotatable bonds is 6. The van der Waals surface area contributed by atoms with Crippen LogP contribution in [-0.2, 0) is 19.6 Å². The lowest BCUT2D eigenvalue weighted by molar-refractivity contribution is -0.123. The molecule has 1 aliphatic heterocycles. The zero-order valence-electron chi connectivity index (χ0n) is 16.7. The molecule has 1 aromatic carbocycles. The van der Waals surface area contributed by atoms with Crippen molar-refractivity contribution in [1.82, 2.24) is 14.3 Å². The van der Waals surface area contributed by atoms with Crippen LogP contribution in [0.3, 0.4) is 0 Å². The van der Waals surface area contributed by atoms with Gasteiger partial charge in [-0.1, -0.05) is 18.0 Å². The van der Waals surface area contributed by atoms with Crippen molar-refractivity contribution in [2.45, 2.75) is 37.2 Å². The maximum absolute atomic E-state index is 12.9. The Hall–Kier alpha value is -2.76. The molecular formula is C19H22ClN5O5S. The van der Waals surface area contributed by atoms with Crippen LogP contribution < -0.4 is 11.1 Å². The second-order valence-electron chi connectivity index (χ2n) is 6.93. The second-order valence-corrected chi connectivity index (χ2v) is 9.28. The number of nitrogen functional groups attached to an aromatic ring is 1. The molecule has 1 aliphatic rings. The van der Waals surface area contributed by atoms with E-state index in [-0.39, 0.29) is 27.1 Å². The van der Waals surface area contributed by atoms with Crippen LogP contribution in [0.1, 0.15) is 36.7 Å². The van der Waals surface area contributed by atoms with Crippen molar-refractivity contribution in [2.24, 2.45) is 0 Å². The SMILES string of the molecule is C[C@H](OC(=O)c1nccnc1N)C(=O)Nc1cc(S(=O)(=O)N2CCCCC2)ccc1Cl. The summed E-state index contributed by atoms with van der Waals surface area (Å²) >= 11 is 6.14. The number of amides is 1. The van der Waals surface area contributed by atoms with E-state index in [1.165, 1.54) is 41.8 Å². The van der Waals surface area contributed by atoms with Crippen LogP contribution in [0.4, 0.5) is 11.5 Å². The van der Waals surface area contributed by atoms with Crippen molar-refractivity contribution in [3.05, 3.63) is 41.3 Å². The van der Waals surface area contributed by atoms with E-state index >= 15 is 0 Å². The van der Waals surface area contributed by atoms with E-state index in [1.807, 2.05) is 0 Å². The maximum atomic E-state index is 12.9. The molecular weight excluding hydrogens is 446 g/mol. The van der Waals surface area contributed by atoms with Gasteiger partial charge < -0.3 is 15.8 Å². The number of piperidine rings is 1. The van der Waals surface area contributed by atoms with Crippen LogP contribution in [0.25, 0.3) is 0 Å². The number of ether oxygens (including phenoxy) is 1. The molecule has 2 aromatic rings. The van der Waals surface area contributed by atoms with Gasteiger partial charge in [-0.15, -0.1) is 0 Å². The van der Waals surface area contributed by atoms with Gasteiger partial charge in [-0.25, -0.2) is 23.2 Å². The van der Waals surface area contributed by atoms with Crippen molar-refractivity contribution < 1.29 is 22.7 Å². The zero-order chi connectivity index (χ0) is 22.6. The Morgan fingerprint density at radius 2 is 1.87 bits per heavy atom. The molecule has 2 heterocycles. The first-order valence-corrected chi connectivity index (χ1v) is 11.4. The Morgan fingerprint density at radius 1 is 1.19 bits per heavy atom. The average molecular weight is 468 g/mol. The first kappa shape index (κ1) is 22.9. The number of hydrogen-bond acceptors (Lipinski definition) is 8. The Morgan fingerprint density at radius 3 is 2.55 bits per heavy atom. The molecule has 0 unspecified atom stereocenters. The van der Waals surface area contributed by atoms with E-state index in [0.29, 0.717) is 13.1 Å². The summed E-state index contributed by atoms with van der Waals surface area (Å²) in [6.45, 7) is 2.25. The van der Waals surface area contributed by atoms with Crippen molar-refractivity contribution in [3.63, 3.8) is 0 Å². The highest BCUT2D eigenvalue weighted by Crippen LogP contribution is 2.28. The molecule has 10 nitrogen and oxygen atoms in total. The third-order valence-corrected chi connectivity index (χ3v) is 6.95. The third kappa shape index (κ3) is 5.30. The topological polar surface area (TPSA) is 145 Å². The minimum absolute atomic E-state index is 0.0195. The number of halogens is 1. The highest BCUT2D eigenvalue weighted by molar-refractivity contribution is 7.89. The fourth-order valence-corrected chi connectivity index (χ4v) is 4.73. The van der Waals surface area contributed by atoms with E-state index in [1.54, 1.807) is 0 Å².